The van der Waals surface area contributed by atoms with Crippen molar-refractivity contribution >= 4 is 23.4 Å². The van der Waals surface area contributed by atoms with E-state index in [2.05, 4.69) is 16.0 Å². The summed E-state index contributed by atoms with van der Waals surface area (Å²) in [6.45, 7) is 4.29. The lowest BCUT2D eigenvalue weighted by molar-refractivity contribution is -0.116. The Bertz CT molecular complexity index is 1010. The number of amides is 1. The highest BCUT2D eigenvalue weighted by Crippen LogP contribution is 2.23. The van der Waals surface area contributed by atoms with Crippen molar-refractivity contribution in [3.8, 4) is 17.3 Å². The summed E-state index contributed by atoms with van der Waals surface area (Å²) in [4.78, 5) is 23.6. The largest absolute Gasteiger partial charge is 0.311 e. The zero-order valence-electron chi connectivity index (χ0n) is 16.5. The number of aryl methyl sites for hydroxylation is 2. The van der Waals surface area contributed by atoms with Crippen LogP contribution in [0, 0.1) is 25.2 Å². The minimum Gasteiger partial charge on any atom is -0.311 e. The first-order chi connectivity index (χ1) is 14.1. The van der Waals surface area contributed by atoms with Crippen molar-refractivity contribution in [1.82, 2.24) is 9.97 Å². The minimum atomic E-state index is -0.0690. The van der Waals surface area contributed by atoms with Crippen LogP contribution in [-0.2, 0) is 4.79 Å². The molecule has 0 aliphatic heterocycles. The van der Waals surface area contributed by atoms with Gasteiger partial charge in [-0.3, -0.25) is 4.79 Å². The summed E-state index contributed by atoms with van der Waals surface area (Å²) in [7, 11) is 0. The van der Waals surface area contributed by atoms with Gasteiger partial charge in [-0.2, -0.15) is 5.26 Å². The molecular weight excluding hydrogens is 380 g/mol. The molecule has 146 valence electrons. The lowest BCUT2D eigenvalue weighted by Gasteiger charge is -2.21. The molecular formula is C23H22N4OS. The lowest BCUT2D eigenvalue weighted by atomic mass is 10.1. The normalized spacial score (nSPS) is 10.4. The molecule has 0 atom stereocenters. The van der Waals surface area contributed by atoms with Crippen molar-refractivity contribution in [3.63, 3.8) is 0 Å². The average Bonchev–Trinajstić information content (AvgIpc) is 2.74. The molecule has 1 aromatic heterocycles. The first-order valence-electron chi connectivity index (χ1n) is 9.34. The standard InChI is InChI=1S/C23H22N4OS/c1-17-9-11-20(12-10-17)27(14-6-13-24)22(28)16-29-23-25-18(2)15-21(26-23)19-7-4-3-5-8-19/h3-5,7-12,15H,6,14,16H2,1-2H3. The molecule has 1 heterocycles. The average molecular weight is 403 g/mol. The van der Waals surface area contributed by atoms with Crippen LogP contribution in [0.5, 0.6) is 0 Å². The Morgan fingerprint density at radius 2 is 1.79 bits per heavy atom. The van der Waals surface area contributed by atoms with Gasteiger partial charge in [0.05, 0.1) is 23.9 Å². The first kappa shape index (κ1) is 20.6. The van der Waals surface area contributed by atoms with Crippen LogP contribution in [0.3, 0.4) is 0 Å². The number of thioether (sulfide) groups is 1. The van der Waals surface area contributed by atoms with Crippen molar-refractivity contribution in [2.75, 3.05) is 17.2 Å². The quantitative estimate of drug-likeness (QED) is 0.419. The second kappa shape index (κ2) is 9.85. The number of anilines is 1. The predicted octanol–water partition coefficient (Wildman–Crippen LogP) is 4.80. The summed E-state index contributed by atoms with van der Waals surface area (Å²) in [5.74, 6) is 0.136. The van der Waals surface area contributed by atoms with Crippen molar-refractivity contribution in [2.24, 2.45) is 0 Å². The molecule has 0 radical (unpaired) electrons. The molecule has 2 aromatic carbocycles. The molecule has 29 heavy (non-hydrogen) atoms. The Morgan fingerprint density at radius 1 is 1.07 bits per heavy atom. The molecule has 3 rings (SSSR count). The van der Waals surface area contributed by atoms with E-state index in [0.717, 1.165) is 28.2 Å². The summed E-state index contributed by atoms with van der Waals surface area (Å²) in [6, 6.07) is 21.7. The zero-order chi connectivity index (χ0) is 20.6. The van der Waals surface area contributed by atoms with Crippen LogP contribution >= 0.6 is 11.8 Å². The van der Waals surface area contributed by atoms with Gasteiger partial charge in [-0.05, 0) is 32.0 Å². The molecule has 5 nitrogen and oxygen atoms in total. The van der Waals surface area contributed by atoms with Crippen LogP contribution in [0.1, 0.15) is 17.7 Å². The Hall–Kier alpha value is -3.17. The Morgan fingerprint density at radius 3 is 2.48 bits per heavy atom. The number of rotatable bonds is 7. The molecule has 6 heteroatoms. The third kappa shape index (κ3) is 5.66. The minimum absolute atomic E-state index is 0.0690. The zero-order valence-corrected chi connectivity index (χ0v) is 17.3. The summed E-state index contributed by atoms with van der Waals surface area (Å²) >= 11 is 1.31. The van der Waals surface area contributed by atoms with Gasteiger partial charge in [-0.25, -0.2) is 9.97 Å². The molecule has 0 N–H and O–H groups in total. The van der Waals surface area contributed by atoms with Gasteiger partial charge < -0.3 is 4.90 Å². The van der Waals surface area contributed by atoms with Gasteiger partial charge in [0.1, 0.15) is 0 Å². The summed E-state index contributed by atoms with van der Waals surface area (Å²) in [6.07, 6.45) is 0.281. The van der Waals surface area contributed by atoms with E-state index in [1.165, 1.54) is 11.8 Å². The second-order valence-corrected chi connectivity index (χ2v) is 7.56. The van der Waals surface area contributed by atoms with Crippen LogP contribution < -0.4 is 4.90 Å². The Labute approximate surface area is 175 Å². The molecule has 3 aromatic rings. The number of nitrogens with zero attached hydrogens (tertiary/aromatic N) is 4. The van der Waals surface area contributed by atoms with E-state index in [1.54, 1.807) is 4.90 Å². The monoisotopic (exact) mass is 402 g/mol. The van der Waals surface area contributed by atoms with Gasteiger partial charge in [-0.15, -0.1) is 0 Å². The van der Waals surface area contributed by atoms with Gasteiger partial charge in [-0.1, -0.05) is 59.8 Å². The molecule has 0 spiro atoms. The molecule has 0 unspecified atom stereocenters. The van der Waals surface area contributed by atoms with Gasteiger partial charge in [0.25, 0.3) is 0 Å². The van der Waals surface area contributed by atoms with E-state index in [9.17, 15) is 4.79 Å². The third-order valence-electron chi connectivity index (χ3n) is 4.32. The number of aromatic nitrogens is 2. The maximum absolute atomic E-state index is 12.9. The summed E-state index contributed by atoms with van der Waals surface area (Å²) < 4.78 is 0. The number of carbonyl (C=O) groups is 1. The predicted molar refractivity (Wildman–Crippen MR) is 117 cm³/mol. The first-order valence-corrected chi connectivity index (χ1v) is 10.3. The number of hydrogen-bond donors (Lipinski definition) is 0. The highest BCUT2D eigenvalue weighted by atomic mass is 32.2. The van der Waals surface area contributed by atoms with Gasteiger partial charge in [0.2, 0.25) is 5.91 Å². The van der Waals surface area contributed by atoms with Crippen LogP contribution in [0.25, 0.3) is 11.3 Å². The topological polar surface area (TPSA) is 69.9 Å². The van der Waals surface area contributed by atoms with Crippen molar-refractivity contribution in [2.45, 2.75) is 25.4 Å². The van der Waals surface area contributed by atoms with E-state index >= 15 is 0 Å². The van der Waals surface area contributed by atoms with Crippen LogP contribution in [-0.4, -0.2) is 28.2 Å². The molecule has 1 amide bonds. The smallest absolute Gasteiger partial charge is 0.237 e. The molecule has 0 fully saturated rings. The lowest BCUT2D eigenvalue weighted by Crippen LogP contribution is -2.33. The number of benzene rings is 2. The van der Waals surface area contributed by atoms with Crippen molar-refractivity contribution in [3.05, 3.63) is 71.9 Å². The number of hydrogen-bond acceptors (Lipinski definition) is 5. The Kier molecular flexibility index (Phi) is 6.99. The second-order valence-electron chi connectivity index (χ2n) is 6.62. The fourth-order valence-electron chi connectivity index (χ4n) is 2.85. The fraction of sp³-hybridized carbons (Fsp3) is 0.217. The van der Waals surface area contributed by atoms with Gasteiger partial charge in [0.15, 0.2) is 5.16 Å². The van der Waals surface area contributed by atoms with E-state index in [0.29, 0.717) is 11.7 Å². The Balaban J connectivity index is 1.75. The van der Waals surface area contributed by atoms with E-state index in [1.807, 2.05) is 74.5 Å². The van der Waals surface area contributed by atoms with Crippen molar-refractivity contribution < 1.29 is 4.79 Å². The van der Waals surface area contributed by atoms with Crippen LogP contribution in [0.15, 0.2) is 65.8 Å². The summed E-state index contributed by atoms with van der Waals surface area (Å²) in [5, 5.41) is 9.52. The maximum atomic E-state index is 12.9. The van der Waals surface area contributed by atoms with Crippen molar-refractivity contribution in [1.29, 1.82) is 5.26 Å². The maximum Gasteiger partial charge on any atom is 0.237 e. The fourth-order valence-corrected chi connectivity index (χ4v) is 3.63. The van der Waals surface area contributed by atoms with E-state index < -0.39 is 0 Å². The molecule has 0 aliphatic carbocycles. The van der Waals surface area contributed by atoms with Crippen LogP contribution in [0.2, 0.25) is 0 Å². The SMILES string of the molecule is Cc1ccc(N(CCC#N)C(=O)CSc2nc(C)cc(-c3ccccc3)n2)cc1. The third-order valence-corrected chi connectivity index (χ3v) is 5.15. The highest BCUT2D eigenvalue weighted by molar-refractivity contribution is 7.99. The van der Waals surface area contributed by atoms with E-state index in [4.69, 9.17) is 5.26 Å². The summed E-state index contributed by atoms with van der Waals surface area (Å²) in [5.41, 5.74) is 4.63. The molecule has 0 saturated heterocycles. The number of carbonyl (C=O) groups excluding carboxylic acids is 1. The van der Waals surface area contributed by atoms with E-state index in [-0.39, 0.29) is 18.1 Å². The number of nitriles is 1. The van der Waals surface area contributed by atoms with Crippen LogP contribution in [0.4, 0.5) is 5.69 Å². The highest BCUT2D eigenvalue weighted by Gasteiger charge is 2.17. The van der Waals surface area contributed by atoms with Gasteiger partial charge in [0, 0.05) is 23.5 Å². The molecule has 0 aliphatic rings. The van der Waals surface area contributed by atoms with Gasteiger partial charge >= 0.3 is 0 Å². The molecule has 0 saturated carbocycles. The molecule has 0 bridgehead atoms.